The molecule has 6 rings (SSSR count). The summed E-state index contributed by atoms with van der Waals surface area (Å²) in [7, 11) is -2.91. The van der Waals surface area contributed by atoms with Crippen molar-refractivity contribution in [2.45, 2.75) is 98.1 Å². The van der Waals surface area contributed by atoms with Gasteiger partial charge in [0.25, 0.3) is 0 Å². The predicted octanol–water partition coefficient (Wildman–Crippen LogP) is 3.27. The van der Waals surface area contributed by atoms with Crippen molar-refractivity contribution in [3.05, 3.63) is 145 Å². The van der Waals surface area contributed by atoms with Gasteiger partial charge in [-0.15, -0.1) is 27.3 Å². The zero-order valence-electron chi connectivity index (χ0n) is 32.1. The van der Waals surface area contributed by atoms with Gasteiger partial charge in [-0.1, -0.05) is 199 Å². The van der Waals surface area contributed by atoms with Crippen LogP contribution in [0.2, 0.25) is 39.3 Å². The molecule has 0 saturated carbocycles. The number of benzene rings is 4. The Hall–Kier alpha value is -2.02. The van der Waals surface area contributed by atoms with Crippen molar-refractivity contribution < 1.29 is 50.7 Å². The third-order valence-electron chi connectivity index (χ3n) is 9.97. The average Bonchev–Trinajstić information content (AvgIpc) is 3.64. The van der Waals surface area contributed by atoms with Crippen molar-refractivity contribution in [2.75, 3.05) is 0 Å². The molecule has 2 aliphatic carbocycles. The zero-order chi connectivity index (χ0) is 34.1. The number of hydrogen-bond donors (Lipinski definition) is 0. The van der Waals surface area contributed by atoms with E-state index in [0.717, 1.165) is 6.42 Å². The van der Waals surface area contributed by atoms with Crippen molar-refractivity contribution in [3.63, 3.8) is 0 Å². The molecule has 0 aromatic heterocycles. The van der Waals surface area contributed by atoms with Crippen LogP contribution in [0.25, 0.3) is 17.2 Å². The van der Waals surface area contributed by atoms with Crippen LogP contribution >= 0.6 is 0 Å². The first-order chi connectivity index (χ1) is 21.9. The minimum atomic E-state index is -1.45. The fourth-order valence-electron chi connectivity index (χ4n) is 7.22. The Morgan fingerprint density at radius 2 is 1.14 bits per heavy atom. The summed E-state index contributed by atoms with van der Waals surface area (Å²) in [5.74, 6) is 0. The van der Waals surface area contributed by atoms with E-state index < -0.39 is 16.1 Å². The molecule has 0 heterocycles. The summed E-state index contributed by atoms with van der Waals surface area (Å²) in [6, 6.07) is 28.6. The van der Waals surface area contributed by atoms with E-state index in [9.17, 15) is 0 Å². The van der Waals surface area contributed by atoms with Gasteiger partial charge in [0.1, 0.15) is 0 Å². The molecule has 0 saturated heterocycles. The topological polar surface area (TPSA) is 0 Å². The van der Waals surface area contributed by atoms with Crippen LogP contribution in [0, 0.1) is 10.4 Å². The summed E-state index contributed by atoms with van der Waals surface area (Å²) in [6.45, 7) is 28.8. The maximum absolute atomic E-state index is 4.06. The van der Waals surface area contributed by atoms with Crippen molar-refractivity contribution in [3.8, 4) is 0 Å². The molecule has 0 nitrogen and oxygen atoms in total. The Labute approximate surface area is 335 Å². The number of fused-ring (bicyclic) bond motifs is 2. The van der Waals surface area contributed by atoms with Crippen LogP contribution in [0.15, 0.2) is 91.0 Å². The summed E-state index contributed by atoms with van der Waals surface area (Å²) in [5, 5.41) is 8.26. The molecule has 50 heavy (non-hydrogen) atoms. The summed E-state index contributed by atoms with van der Waals surface area (Å²) >= 11 is 0. The van der Waals surface area contributed by atoms with Gasteiger partial charge in [0.05, 0.1) is 16.1 Å². The second-order valence-corrected chi connectivity index (χ2v) is 28.0. The van der Waals surface area contributed by atoms with E-state index in [2.05, 4.69) is 178 Å². The SMILES string of the molecule is CC(C)(C)c1cc2c(c(C3=CC=CC3)c1=C(c1ccc([Si](C)(C)C)cc1)c1ccc([Si](C)(C)C)cc1)[C-]=c1c(C(C)(C)C)cccc1=2.[Cl-].[Cl-].[Hf]. The monoisotopic (exact) mass is 899 g/mol. The largest absolute Gasteiger partial charge is 1.00 e. The van der Waals surface area contributed by atoms with E-state index in [1.807, 2.05) is 0 Å². The van der Waals surface area contributed by atoms with E-state index in [0.29, 0.717) is 0 Å². The van der Waals surface area contributed by atoms with Crippen LogP contribution in [0.1, 0.15) is 81.3 Å². The molecule has 0 unspecified atom stereocenters. The Morgan fingerprint density at radius 3 is 1.56 bits per heavy atom. The minimum absolute atomic E-state index is 0. The molecule has 2 aliphatic rings. The molecule has 0 fully saturated rings. The second kappa shape index (κ2) is 15.1. The quantitative estimate of drug-likeness (QED) is 0.188. The third-order valence-corrected chi connectivity index (χ3v) is 14.1. The summed E-state index contributed by atoms with van der Waals surface area (Å²) in [5.41, 5.74) is 10.6. The Balaban J connectivity index is 0.00000225. The number of allylic oxidation sites excluding steroid dienone is 4. The van der Waals surface area contributed by atoms with Crippen LogP contribution in [0.4, 0.5) is 0 Å². The Kier molecular flexibility index (Phi) is 12.8. The van der Waals surface area contributed by atoms with Crippen LogP contribution < -0.4 is 45.6 Å². The van der Waals surface area contributed by atoms with Crippen LogP contribution in [0.5, 0.6) is 0 Å². The molecule has 0 spiro atoms. The summed E-state index contributed by atoms with van der Waals surface area (Å²) in [4.78, 5) is 0. The molecule has 0 N–H and O–H groups in total. The van der Waals surface area contributed by atoms with Crippen molar-refractivity contribution in [2.24, 2.45) is 0 Å². The molecule has 262 valence electrons. The molecule has 4 aromatic carbocycles. The van der Waals surface area contributed by atoms with Crippen molar-refractivity contribution in [1.29, 1.82) is 0 Å². The van der Waals surface area contributed by atoms with Gasteiger partial charge < -0.3 is 24.8 Å². The second-order valence-electron chi connectivity index (χ2n) is 17.8. The van der Waals surface area contributed by atoms with E-state index in [1.165, 1.54) is 75.8 Å². The van der Waals surface area contributed by atoms with Crippen LogP contribution in [0.3, 0.4) is 0 Å². The number of hydrogen-bond acceptors (Lipinski definition) is 0. The van der Waals surface area contributed by atoms with Gasteiger partial charge in [0.15, 0.2) is 0 Å². The smallest absolute Gasteiger partial charge is 0.0775 e. The first-order valence-corrected chi connectivity index (χ1v) is 24.4. The molecular weight excluding hydrogens is 846 g/mol. The normalized spacial score (nSPS) is 13.6. The molecule has 0 radical (unpaired) electrons. The molecule has 0 aliphatic heterocycles. The van der Waals surface area contributed by atoms with Gasteiger partial charge in [0, 0.05) is 25.8 Å². The first-order valence-electron chi connectivity index (χ1n) is 17.4. The molecule has 0 amide bonds. The molecule has 5 heteroatoms. The van der Waals surface area contributed by atoms with Gasteiger partial charge in [-0.05, 0) is 44.7 Å². The van der Waals surface area contributed by atoms with E-state index in [-0.39, 0.29) is 61.5 Å². The number of rotatable bonds is 5. The standard InChI is InChI=1S/C45H53Si2.2ClH.Hf/c1-44(2,3)39-19-15-18-35-36-29-40(45(4,5)6)43(42(30-16-13-14-17-30)38(36)28-37(35)39)41(31-20-24-33(25-21-31)46(7,8)9)32-22-26-34(27-23-32)47(10,11)12;;;/h13-16,18-27,29H,17H2,1-12H3;2*1H;/q-1;;;/p-2. The maximum Gasteiger partial charge on any atom is 0.0775 e. The van der Waals surface area contributed by atoms with Gasteiger partial charge in [-0.25, -0.2) is 0 Å². The fraction of sp³-hybridized carbons (Fsp3) is 0.333. The van der Waals surface area contributed by atoms with Crippen LogP contribution in [-0.4, -0.2) is 16.1 Å². The summed E-state index contributed by atoms with van der Waals surface area (Å²) in [6.07, 6.45) is 11.9. The molecule has 0 bridgehead atoms. The fourth-order valence-corrected chi connectivity index (χ4v) is 9.55. The number of halogens is 2. The van der Waals surface area contributed by atoms with Crippen molar-refractivity contribution in [1.82, 2.24) is 0 Å². The third kappa shape index (κ3) is 8.13. The minimum Gasteiger partial charge on any atom is -1.00 e. The van der Waals surface area contributed by atoms with E-state index in [1.54, 1.807) is 0 Å². The molecule has 4 aromatic rings. The van der Waals surface area contributed by atoms with E-state index in [4.69, 9.17) is 0 Å². The Morgan fingerprint density at radius 1 is 0.640 bits per heavy atom. The van der Waals surface area contributed by atoms with E-state index >= 15 is 0 Å². The Bertz CT molecular complexity index is 2110. The van der Waals surface area contributed by atoms with Gasteiger partial charge in [-0.2, -0.15) is 0 Å². The molecular formula is C45H53Cl2HfSi2-3. The summed E-state index contributed by atoms with van der Waals surface area (Å²) < 4.78 is 0. The van der Waals surface area contributed by atoms with Crippen LogP contribution in [-0.2, 0) is 36.7 Å². The van der Waals surface area contributed by atoms with Gasteiger partial charge in [0.2, 0.25) is 0 Å². The van der Waals surface area contributed by atoms with Gasteiger partial charge in [-0.3, -0.25) is 0 Å². The van der Waals surface area contributed by atoms with Gasteiger partial charge >= 0.3 is 0 Å². The zero-order valence-corrected chi connectivity index (χ0v) is 39.2. The van der Waals surface area contributed by atoms with Crippen molar-refractivity contribution >= 4 is 43.7 Å². The maximum atomic E-state index is 4.06. The average molecular weight is 899 g/mol. The first kappa shape index (κ1) is 42.4. The predicted molar refractivity (Wildman–Crippen MR) is 212 cm³/mol. The molecule has 0 atom stereocenters.